The Balaban J connectivity index is 2.14. The molecule has 0 aliphatic heterocycles. The fraction of sp³-hybridized carbons (Fsp3) is 0.500. The van der Waals surface area contributed by atoms with Crippen LogP contribution in [0.2, 0.25) is 0 Å². The van der Waals surface area contributed by atoms with Crippen molar-refractivity contribution in [2.75, 3.05) is 0 Å². The fourth-order valence-corrected chi connectivity index (χ4v) is 2.38. The molecule has 114 valence electrons. The van der Waals surface area contributed by atoms with Crippen molar-refractivity contribution in [2.45, 2.75) is 58.4 Å². The van der Waals surface area contributed by atoms with E-state index in [1.54, 1.807) is 0 Å². The third kappa shape index (κ3) is 3.94. The monoisotopic (exact) mass is 285 g/mol. The Labute approximate surface area is 128 Å². The van der Waals surface area contributed by atoms with Crippen LogP contribution in [-0.4, -0.2) is 9.97 Å². The number of unbranched alkanes of at least 4 members (excludes halogenated alkanes) is 1. The van der Waals surface area contributed by atoms with E-state index >= 15 is 0 Å². The smallest absolute Gasteiger partial charge is 0.123 e. The van der Waals surface area contributed by atoms with E-state index in [1.807, 2.05) is 6.20 Å². The highest BCUT2D eigenvalue weighted by molar-refractivity contribution is 5.59. The normalized spacial score (nSPS) is 13.4. The van der Waals surface area contributed by atoms with E-state index in [1.165, 1.54) is 5.56 Å². The van der Waals surface area contributed by atoms with Crippen LogP contribution in [0, 0.1) is 0 Å². The van der Waals surface area contributed by atoms with Gasteiger partial charge < -0.3 is 10.7 Å². The van der Waals surface area contributed by atoms with Crippen LogP contribution in [0.3, 0.4) is 0 Å². The van der Waals surface area contributed by atoms with Gasteiger partial charge >= 0.3 is 0 Å². The summed E-state index contributed by atoms with van der Waals surface area (Å²) < 4.78 is 0. The van der Waals surface area contributed by atoms with E-state index in [4.69, 9.17) is 5.73 Å². The molecule has 0 aliphatic carbocycles. The third-order valence-electron chi connectivity index (χ3n) is 3.88. The van der Waals surface area contributed by atoms with Crippen LogP contribution in [0.15, 0.2) is 30.5 Å². The molecule has 1 atom stereocenters. The lowest BCUT2D eigenvalue weighted by molar-refractivity contribution is 0.580. The quantitative estimate of drug-likeness (QED) is 0.845. The van der Waals surface area contributed by atoms with Gasteiger partial charge in [0.15, 0.2) is 0 Å². The summed E-state index contributed by atoms with van der Waals surface area (Å²) in [6.45, 7) is 8.85. The summed E-state index contributed by atoms with van der Waals surface area (Å²) in [5, 5.41) is 0. The zero-order valence-electron chi connectivity index (χ0n) is 13.6. The number of imidazole rings is 1. The Morgan fingerprint density at radius 1 is 1.19 bits per heavy atom. The minimum Gasteiger partial charge on any atom is -0.341 e. The minimum atomic E-state index is 0.00699. The molecular formula is C18H27N3. The van der Waals surface area contributed by atoms with Crippen LogP contribution in [0.5, 0.6) is 0 Å². The number of aromatic nitrogens is 2. The molecule has 2 aromatic rings. The van der Waals surface area contributed by atoms with Gasteiger partial charge in [-0.25, -0.2) is 4.98 Å². The molecule has 0 radical (unpaired) electrons. The second-order valence-electron chi connectivity index (χ2n) is 6.76. The van der Waals surface area contributed by atoms with E-state index in [0.717, 1.165) is 36.3 Å². The summed E-state index contributed by atoms with van der Waals surface area (Å²) in [6.07, 6.45) is 5.16. The van der Waals surface area contributed by atoms with Gasteiger partial charge in [-0.15, -0.1) is 0 Å². The van der Waals surface area contributed by atoms with Gasteiger partial charge in [0, 0.05) is 0 Å². The number of nitrogens with two attached hydrogens (primary N) is 1. The molecule has 0 fully saturated rings. The van der Waals surface area contributed by atoms with E-state index in [9.17, 15) is 0 Å². The largest absolute Gasteiger partial charge is 0.341 e. The average Bonchev–Trinajstić information content (AvgIpc) is 2.94. The highest BCUT2D eigenvalue weighted by atomic mass is 15.0. The Morgan fingerprint density at radius 2 is 1.86 bits per heavy atom. The van der Waals surface area contributed by atoms with Crippen LogP contribution in [0.1, 0.15) is 64.4 Å². The van der Waals surface area contributed by atoms with Crippen LogP contribution in [-0.2, 0) is 5.41 Å². The first-order chi connectivity index (χ1) is 9.91. The molecule has 1 aromatic heterocycles. The van der Waals surface area contributed by atoms with E-state index in [2.05, 4.69) is 61.9 Å². The molecule has 1 aromatic carbocycles. The Morgan fingerprint density at radius 3 is 2.43 bits per heavy atom. The van der Waals surface area contributed by atoms with Gasteiger partial charge in [0.1, 0.15) is 5.82 Å². The van der Waals surface area contributed by atoms with Crippen molar-refractivity contribution < 1.29 is 0 Å². The maximum absolute atomic E-state index is 6.16. The Hall–Kier alpha value is -1.61. The molecular weight excluding hydrogens is 258 g/mol. The van der Waals surface area contributed by atoms with Crippen molar-refractivity contribution in [1.29, 1.82) is 0 Å². The summed E-state index contributed by atoms with van der Waals surface area (Å²) in [7, 11) is 0. The highest BCUT2D eigenvalue weighted by Crippen LogP contribution is 2.26. The first kappa shape index (κ1) is 15.8. The number of benzene rings is 1. The first-order valence-electron chi connectivity index (χ1n) is 7.83. The molecule has 0 bridgehead atoms. The van der Waals surface area contributed by atoms with Gasteiger partial charge in [0.25, 0.3) is 0 Å². The van der Waals surface area contributed by atoms with Crippen LogP contribution in [0.25, 0.3) is 11.3 Å². The molecule has 2 rings (SSSR count). The van der Waals surface area contributed by atoms with Gasteiger partial charge in [0.05, 0.1) is 17.9 Å². The molecule has 21 heavy (non-hydrogen) atoms. The summed E-state index contributed by atoms with van der Waals surface area (Å²) in [5.41, 5.74) is 9.88. The standard InChI is InChI=1S/C18H27N3/c1-5-6-7-15(19)17-20-12-16(21-17)13-8-10-14(11-9-13)18(2,3)4/h8-12,15H,5-7,19H2,1-4H3,(H,20,21). The highest BCUT2D eigenvalue weighted by Gasteiger charge is 2.14. The fourth-order valence-electron chi connectivity index (χ4n) is 2.38. The molecule has 3 nitrogen and oxygen atoms in total. The lowest BCUT2D eigenvalue weighted by Gasteiger charge is -2.18. The van der Waals surface area contributed by atoms with Gasteiger partial charge in [-0.05, 0) is 23.0 Å². The first-order valence-corrected chi connectivity index (χ1v) is 7.83. The Kier molecular flexibility index (Phi) is 4.84. The van der Waals surface area contributed by atoms with Crippen LogP contribution in [0.4, 0.5) is 0 Å². The van der Waals surface area contributed by atoms with Crippen molar-refractivity contribution in [3.05, 3.63) is 41.9 Å². The van der Waals surface area contributed by atoms with Crippen molar-refractivity contribution in [3.8, 4) is 11.3 Å². The second kappa shape index (κ2) is 6.44. The number of H-pyrrole nitrogens is 1. The molecule has 0 saturated heterocycles. The molecule has 3 N–H and O–H groups in total. The molecule has 0 saturated carbocycles. The lowest BCUT2D eigenvalue weighted by Crippen LogP contribution is -2.11. The number of hydrogen-bond donors (Lipinski definition) is 2. The molecule has 0 spiro atoms. The molecule has 0 aliphatic rings. The van der Waals surface area contributed by atoms with Crippen molar-refractivity contribution in [3.63, 3.8) is 0 Å². The summed E-state index contributed by atoms with van der Waals surface area (Å²) in [4.78, 5) is 7.80. The predicted octanol–water partition coefficient (Wildman–Crippen LogP) is 4.56. The van der Waals surface area contributed by atoms with E-state index in [0.29, 0.717) is 0 Å². The SMILES string of the molecule is CCCCC(N)c1ncc(-c2ccc(C(C)(C)C)cc2)[nH]1. The van der Waals surface area contributed by atoms with E-state index in [-0.39, 0.29) is 11.5 Å². The molecule has 0 amide bonds. The van der Waals surface area contributed by atoms with Crippen molar-refractivity contribution in [1.82, 2.24) is 9.97 Å². The summed E-state index contributed by atoms with van der Waals surface area (Å²) in [6, 6.07) is 8.68. The molecule has 3 heteroatoms. The van der Waals surface area contributed by atoms with Crippen LogP contribution < -0.4 is 5.73 Å². The maximum atomic E-state index is 6.16. The number of nitrogens with zero attached hydrogens (tertiary/aromatic N) is 1. The van der Waals surface area contributed by atoms with Crippen molar-refractivity contribution in [2.24, 2.45) is 5.73 Å². The average molecular weight is 285 g/mol. The van der Waals surface area contributed by atoms with Gasteiger partial charge in [-0.3, -0.25) is 0 Å². The Bertz CT molecular complexity index is 561. The summed E-state index contributed by atoms with van der Waals surface area (Å²) in [5.74, 6) is 0.887. The lowest BCUT2D eigenvalue weighted by atomic mass is 9.86. The molecule has 1 unspecified atom stereocenters. The van der Waals surface area contributed by atoms with Gasteiger partial charge in [-0.1, -0.05) is 64.8 Å². The topological polar surface area (TPSA) is 54.7 Å². The number of aromatic amines is 1. The predicted molar refractivity (Wildman–Crippen MR) is 89.2 cm³/mol. The zero-order valence-corrected chi connectivity index (χ0v) is 13.6. The van der Waals surface area contributed by atoms with E-state index < -0.39 is 0 Å². The second-order valence-corrected chi connectivity index (χ2v) is 6.76. The number of rotatable bonds is 5. The molecule has 1 heterocycles. The summed E-state index contributed by atoms with van der Waals surface area (Å²) >= 11 is 0. The zero-order chi connectivity index (χ0) is 15.5. The number of nitrogens with one attached hydrogen (secondary N) is 1. The van der Waals surface area contributed by atoms with Gasteiger partial charge in [-0.2, -0.15) is 0 Å². The number of hydrogen-bond acceptors (Lipinski definition) is 2. The maximum Gasteiger partial charge on any atom is 0.123 e. The van der Waals surface area contributed by atoms with Gasteiger partial charge in [0.2, 0.25) is 0 Å². The third-order valence-corrected chi connectivity index (χ3v) is 3.88. The minimum absolute atomic E-state index is 0.00699. The van der Waals surface area contributed by atoms with Crippen LogP contribution >= 0.6 is 0 Å². The van der Waals surface area contributed by atoms with Crippen molar-refractivity contribution >= 4 is 0 Å².